The van der Waals surface area contributed by atoms with Gasteiger partial charge in [0.05, 0.1) is 54.1 Å². The number of hydrogen-bond donors (Lipinski definition) is 1. The largest absolute Gasteiger partial charge is 0.378 e. The second-order valence-corrected chi connectivity index (χ2v) is 8.94. The minimum Gasteiger partial charge on any atom is -0.378 e. The van der Waals surface area contributed by atoms with Crippen LogP contribution in [0.15, 0.2) is 36.9 Å². The highest BCUT2D eigenvalue weighted by Gasteiger charge is 2.40. The molecule has 1 unspecified atom stereocenters. The fourth-order valence-electron chi connectivity index (χ4n) is 4.02. The highest BCUT2D eigenvalue weighted by molar-refractivity contribution is 14.1. The zero-order valence-electron chi connectivity index (χ0n) is 18.4. The first-order valence-corrected chi connectivity index (χ1v) is 11.8. The Morgan fingerprint density at radius 2 is 2.03 bits per heavy atom. The van der Waals surface area contributed by atoms with Crippen LogP contribution in [0.3, 0.4) is 0 Å². The number of hydrogen-bond acceptors (Lipinski definition) is 6. The van der Waals surface area contributed by atoms with Crippen LogP contribution in [0.25, 0.3) is 11.4 Å². The lowest BCUT2D eigenvalue weighted by Gasteiger charge is -2.30. The molecule has 8 nitrogen and oxygen atoms in total. The van der Waals surface area contributed by atoms with Crippen LogP contribution in [0.2, 0.25) is 0 Å². The second kappa shape index (κ2) is 9.72. The van der Waals surface area contributed by atoms with Gasteiger partial charge in [-0.05, 0) is 44.5 Å². The first-order valence-electron chi connectivity index (χ1n) is 10.8. The van der Waals surface area contributed by atoms with Crippen molar-refractivity contribution in [1.82, 2.24) is 15.3 Å². The van der Waals surface area contributed by atoms with Crippen molar-refractivity contribution in [3.05, 3.63) is 48.2 Å². The highest BCUT2D eigenvalue weighted by atomic mass is 127. The molecule has 0 aliphatic carbocycles. The third kappa shape index (κ3) is 4.46. The number of ether oxygens (including phenoxy) is 2. The van der Waals surface area contributed by atoms with E-state index in [1.165, 1.54) is 0 Å². The number of morpholine rings is 1. The SMILES string of the molecule is C=CCC1(C)OCc2c(N3CCOCC3)nc(-c3ccc(N(I)C(=O)NCC)cc3)nc21. The molecular formula is C23H28IN5O3. The van der Waals surface area contributed by atoms with Crippen molar-refractivity contribution >= 4 is 40.4 Å². The summed E-state index contributed by atoms with van der Waals surface area (Å²) >= 11 is 2.00. The number of nitrogens with zero attached hydrogens (tertiary/aromatic N) is 4. The van der Waals surface area contributed by atoms with Crippen LogP contribution in [-0.2, 0) is 21.7 Å². The second-order valence-electron chi connectivity index (χ2n) is 7.97. The number of halogens is 1. The lowest BCUT2D eigenvalue weighted by atomic mass is 9.96. The monoisotopic (exact) mass is 549 g/mol. The van der Waals surface area contributed by atoms with Crippen molar-refractivity contribution in [3.8, 4) is 11.4 Å². The average molecular weight is 549 g/mol. The van der Waals surface area contributed by atoms with E-state index in [1.807, 2.05) is 60.1 Å². The predicted octanol–water partition coefficient (Wildman–Crippen LogP) is 4.19. The smallest absolute Gasteiger partial charge is 0.330 e. The van der Waals surface area contributed by atoms with Gasteiger partial charge >= 0.3 is 6.03 Å². The summed E-state index contributed by atoms with van der Waals surface area (Å²) in [6, 6.07) is 7.56. The third-order valence-corrected chi connectivity index (χ3v) is 6.72. The van der Waals surface area contributed by atoms with E-state index >= 15 is 0 Å². The Hall–Kier alpha value is -2.24. The Bertz CT molecular complexity index is 994. The van der Waals surface area contributed by atoms with Gasteiger partial charge < -0.3 is 19.7 Å². The molecule has 1 atom stereocenters. The van der Waals surface area contributed by atoms with Gasteiger partial charge in [0, 0.05) is 30.8 Å². The molecule has 2 amide bonds. The van der Waals surface area contributed by atoms with Gasteiger partial charge in [0.1, 0.15) is 11.4 Å². The first kappa shape index (κ1) is 22.9. The lowest BCUT2D eigenvalue weighted by Crippen LogP contribution is -2.37. The molecule has 1 aromatic heterocycles. The lowest BCUT2D eigenvalue weighted by molar-refractivity contribution is -0.0228. The molecule has 0 saturated carbocycles. The van der Waals surface area contributed by atoms with Crippen molar-refractivity contribution in [1.29, 1.82) is 0 Å². The van der Waals surface area contributed by atoms with Gasteiger partial charge in [0.25, 0.3) is 0 Å². The summed E-state index contributed by atoms with van der Waals surface area (Å²) in [6.07, 6.45) is 2.55. The van der Waals surface area contributed by atoms with E-state index in [9.17, 15) is 4.79 Å². The van der Waals surface area contributed by atoms with Crippen LogP contribution < -0.4 is 13.3 Å². The molecule has 1 aromatic carbocycles. The maximum Gasteiger partial charge on any atom is 0.330 e. The van der Waals surface area contributed by atoms with Crippen LogP contribution in [0.5, 0.6) is 0 Å². The predicted molar refractivity (Wildman–Crippen MR) is 133 cm³/mol. The van der Waals surface area contributed by atoms with Gasteiger partial charge in [-0.15, -0.1) is 6.58 Å². The standard InChI is InChI=1S/C23H28IN5O3/c1-4-10-23(3)19-18(15-32-23)21(28-11-13-31-14-12-28)27-20(26-19)16-6-8-17(9-7-16)29(24)22(30)25-5-2/h4,6-9H,1,5,10-15H2,2-3H3,(H,25,30). The molecule has 9 heteroatoms. The zero-order chi connectivity index (χ0) is 22.7. The average Bonchev–Trinajstić information content (AvgIpc) is 3.15. The van der Waals surface area contributed by atoms with Gasteiger partial charge in [-0.2, -0.15) is 0 Å². The van der Waals surface area contributed by atoms with Crippen LogP contribution >= 0.6 is 22.9 Å². The molecule has 1 saturated heterocycles. The third-order valence-electron chi connectivity index (χ3n) is 5.72. The molecule has 1 N–H and O–H groups in total. The summed E-state index contributed by atoms with van der Waals surface area (Å²) in [6.45, 7) is 11.9. The fraction of sp³-hybridized carbons (Fsp3) is 0.435. The summed E-state index contributed by atoms with van der Waals surface area (Å²) in [4.78, 5) is 24.3. The minimum absolute atomic E-state index is 0.151. The number of anilines is 2. The first-order chi connectivity index (χ1) is 15.5. The normalized spacial score (nSPS) is 20.0. The Morgan fingerprint density at radius 1 is 1.31 bits per heavy atom. The van der Waals surface area contributed by atoms with Gasteiger partial charge in [0.2, 0.25) is 0 Å². The van der Waals surface area contributed by atoms with E-state index in [1.54, 1.807) is 3.11 Å². The Kier molecular flexibility index (Phi) is 6.96. The number of fused-ring (bicyclic) bond motifs is 1. The molecule has 0 spiro atoms. The number of carbonyl (C=O) groups excluding carboxylic acids is 1. The number of carbonyl (C=O) groups is 1. The zero-order valence-corrected chi connectivity index (χ0v) is 20.6. The maximum absolute atomic E-state index is 12.1. The number of rotatable bonds is 6. The van der Waals surface area contributed by atoms with Crippen LogP contribution in [0.1, 0.15) is 31.5 Å². The summed E-state index contributed by atoms with van der Waals surface area (Å²) in [5, 5.41) is 2.80. The molecule has 0 radical (unpaired) electrons. The van der Waals surface area contributed by atoms with Gasteiger partial charge in [-0.25, -0.2) is 17.9 Å². The molecule has 2 aliphatic rings. The fourth-order valence-corrected chi connectivity index (χ4v) is 4.51. The molecule has 4 rings (SSSR count). The molecule has 32 heavy (non-hydrogen) atoms. The van der Waals surface area contributed by atoms with Gasteiger partial charge in [-0.3, -0.25) is 0 Å². The number of aromatic nitrogens is 2. The molecule has 3 heterocycles. The number of urea groups is 1. The summed E-state index contributed by atoms with van der Waals surface area (Å²) in [5.74, 6) is 1.57. The molecule has 2 aromatic rings. The van der Waals surface area contributed by atoms with Gasteiger partial charge in [0.15, 0.2) is 5.82 Å². The maximum atomic E-state index is 12.1. The topological polar surface area (TPSA) is 79.8 Å². The number of nitrogens with one attached hydrogen (secondary N) is 1. The van der Waals surface area contributed by atoms with Crippen molar-refractivity contribution in [2.24, 2.45) is 0 Å². The van der Waals surface area contributed by atoms with Crippen molar-refractivity contribution < 1.29 is 14.3 Å². The molecule has 1 fully saturated rings. The van der Waals surface area contributed by atoms with Gasteiger partial charge in [-0.1, -0.05) is 6.08 Å². The number of amides is 2. The van der Waals surface area contributed by atoms with E-state index in [0.29, 0.717) is 38.6 Å². The minimum atomic E-state index is -0.521. The Morgan fingerprint density at radius 3 is 2.69 bits per heavy atom. The molecule has 170 valence electrons. The van der Waals surface area contributed by atoms with E-state index in [0.717, 1.165) is 41.4 Å². The highest BCUT2D eigenvalue weighted by Crippen LogP contribution is 2.42. The molecule has 2 aliphatic heterocycles. The van der Waals surface area contributed by atoms with Crippen LogP contribution in [0.4, 0.5) is 16.3 Å². The number of benzene rings is 1. The molecule has 0 bridgehead atoms. The summed E-state index contributed by atoms with van der Waals surface area (Å²) in [7, 11) is 0. The summed E-state index contributed by atoms with van der Waals surface area (Å²) in [5.41, 5.74) is 3.12. The van der Waals surface area contributed by atoms with Crippen molar-refractivity contribution in [2.75, 3.05) is 40.9 Å². The summed E-state index contributed by atoms with van der Waals surface area (Å²) < 4.78 is 13.3. The Balaban J connectivity index is 1.72. The van der Waals surface area contributed by atoms with E-state index in [-0.39, 0.29) is 6.03 Å². The van der Waals surface area contributed by atoms with E-state index in [2.05, 4.69) is 23.7 Å². The van der Waals surface area contributed by atoms with E-state index in [4.69, 9.17) is 19.4 Å². The van der Waals surface area contributed by atoms with Crippen LogP contribution in [0, 0.1) is 0 Å². The Labute approximate surface area is 202 Å². The quantitative estimate of drug-likeness (QED) is 0.331. The molecular weight excluding hydrogens is 521 g/mol. The van der Waals surface area contributed by atoms with E-state index < -0.39 is 5.60 Å². The van der Waals surface area contributed by atoms with Crippen molar-refractivity contribution in [2.45, 2.75) is 32.5 Å². The van der Waals surface area contributed by atoms with Crippen LogP contribution in [-0.4, -0.2) is 48.8 Å². The van der Waals surface area contributed by atoms with Crippen molar-refractivity contribution in [3.63, 3.8) is 0 Å².